The molecule has 1 aromatic heterocycles. The van der Waals surface area contributed by atoms with Gasteiger partial charge in [0.2, 0.25) is 0 Å². The minimum absolute atomic E-state index is 0.593. The van der Waals surface area contributed by atoms with Crippen molar-refractivity contribution in [3.63, 3.8) is 0 Å². The van der Waals surface area contributed by atoms with Gasteiger partial charge >= 0.3 is 0 Å². The van der Waals surface area contributed by atoms with Crippen LogP contribution in [-0.2, 0) is 13.6 Å². The molecule has 0 spiro atoms. The molecule has 112 valence electrons. The molecule has 2 aromatic rings. The summed E-state index contributed by atoms with van der Waals surface area (Å²) in [5.74, 6) is 1.13. The van der Waals surface area contributed by atoms with Gasteiger partial charge in [0.1, 0.15) is 5.82 Å². The summed E-state index contributed by atoms with van der Waals surface area (Å²) in [5.41, 5.74) is 1.34. The second-order valence-corrected chi connectivity index (χ2v) is 5.95. The maximum absolute atomic E-state index is 4.44. The van der Waals surface area contributed by atoms with Gasteiger partial charge in [-0.15, -0.1) is 0 Å². The lowest BCUT2D eigenvalue weighted by Gasteiger charge is -2.38. The highest BCUT2D eigenvalue weighted by Crippen LogP contribution is 2.22. The molecule has 1 aliphatic rings. The van der Waals surface area contributed by atoms with Crippen LogP contribution in [0.5, 0.6) is 0 Å². The van der Waals surface area contributed by atoms with Crippen LogP contribution in [0.25, 0.3) is 0 Å². The monoisotopic (exact) mass is 284 g/mol. The minimum atomic E-state index is 0.593. The number of hydrogen-bond donors (Lipinski definition) is 0. The van der Waals surface area contributed by atoms with Crippen LogP contribution in [0.4, 0.5) is 5.69 Å². The van der Waals surface area contributed by atoms with Gasteiger partial charge in [0, 0.05) is 44.3 Å². The van der Waals surface area contributed by atoms with Crippen molar-refractivity contribution in [3.05, 3.63) is 48.5 Å². The van der Waals surface area contributed by atoms with E-state index in [0.29, 0.717) is 6.04 Å². The number of hydrogen-bond acceptors (Lipinski definition) is 3. The van der Waals surface area contributed by atoms with Crippen molar-refractivity contribution in [1.82, 2.24) is 14.5 Å². The Balaban J connectivity index is 1.64. The predicted octanol–water partition coefficient (Wildman–Crippen LogP) is 2.52. The van der Waals surface area contributed by atoms with E-state index in [-0.39, 0.29) is 0 Å². The third-order valence-electron chi connectivity index (χ3n) is 4.45. The number of imidazole rings is 1. The molecule has 0 amide bonds. The molecule has 0 aliphatic carbocycles. The fourth-order valence-corrected chi connectivity index (χ4v) is 3.09. The van der Waals surface area contributed by atoms with Crippen LogP contribution in [0.3, 0.4) is 0 Å². The average molecular weight is 284 g/mol. The summed E-state index contributed by atoms with van der Waals surface area (Å²) in [7, 11) is 4.28. The van der Waals surface area contributed by atoms with Crippen LogP contribution in [0.15, 0.2) is 42.7 Å². The van der Waals surface area contributed by atoms with Crippen molar-refractivity contribution in [1.29, 1.82) is 0 Å². The van der Waals surface area contributed by atoms with Gasteiger partial charge in [-0.2, -0.15) is 0 Å². The maximum atomic E-state index is 4.44. The first-order chi connectivity index (χ1) is 10.2. The van der Waals surface area contributed by atoms with Crippen LogP contribution in [0, 0.1) is 0 Å². The molecule has 3 rings (SSSR count). The van der Waals surface area contributed by atoms with E-state index in [1.807, 2.05) is 12.4 Å². The molecule has 0 radical (unpaired) electrons. The Kier molecular flexibility index (Phi) is 4.25. The molecule has 1 unspecified atom stereocenters. The molecule has 1 saturated heterocycles. The Morgan fingerprint density at radius 3 is 2.81 bits per heavy atom. The van der Waals surface area contributed by atoms with Crippen LogP contribution >= 0.6 is 0 Å². The lowest BCUT2D eigenvalue weighted by molar-refractivity contribution is 0.202. The molecule has 1 fully saturated rings. The fraction of sp³-hybridized carbons (Fsp3) is 0.471. The van der Waals surface area contributed by atoms with E-state index in [1.54, 1.807) is 0 Å². The molecule has 1 aliphatic heterocycles. The number of aryl methyl sites for hydroxylation is 1. The topological polar surface area (TPSA) is 24.3 Å². The van der Waals surface area contributed by atoms with E-state index < -0.39 is 0 Å². The van der Waals surface area contributed by atoms with Crippen molar-refractivity contribution in [2.45, 2.75) is 25.4 Å². The number of aromatic nitrogens is 2. The van der Waals surface area contributed by atoms with E-state index in [9.17, 15) is 0 Å². The first kappa shape index (κ1) is 14.1. The third-order valence-corrected chi connectivity index (χ3v) is 4.45. The highest BCUT2D eigenvalue weighted by atomic mass is 15.2. The zero-order chi connectivity index (χ0) is 14.7. The number of likely N-dealkylation sites (N-methyl/N-ethyl adjacent to an activating group) is 1. The SMILES string of the molecule is CN(Cc1nccn1C)C1CCCN(c2ccccc2)C1. The highest BCUT2D eigenvalue weighted by molar-refractivity contribution is 5.46. The third kappa shape index (κ3) is 3.27. The Morgan fingerprint density at radius 2 is 2.10 bits per heavy atom. The van der Waals surface area contributed by atoms with Crippen LogP contribution in [-0.4, -0.2) is 40.6 Å². The molecule has 0 bridgehead atoms. The van der Waals surface area contributed by atoms with E-state index in [1.165, 1.54) is 18.5 Å². The molecule has 0 saturated carbocycles. The van der Waals surface area contributed by atoms with Gasteiger partial charge in [-0.3, -0.25) is 4.90 Å². The Labute approximate surface area is 127 Å². The molecule has 2 heterocycles. The van der Waals surface area contributed by atoms with Crippen LogP contribution < -0.4 is 4.90 Å². The van der Waals surface area contributed by atoms with Gasteiger partial charge in [-0.05, 0) is 32.0 Å². The van der Waals surface area contributed by atoms with Crippen molar-refractivity contribution in [2.24, 2.45) is 7.05 Å². The molecule has 4 nitrogen and oxygen atoms in total. The Bertz CT molecular complexity index is 563. The Morgan fingerprint density at radius 1 is 1.29 bits per heavy atom. The smallest absolute Gasteiger partial charge is 0.122 e. The van der Waals surface area contributed by atoms with Crippen molar-refractivity contribution >= 4 is 5.69 Å². The van der Waals surface area contributed by atoms with E-state index in [4.69, 9.17) is 0 Å². The fourth-order valence-electron chi connectivity index (χ4n) is 3.09. The first-order valence-corrected chi connectivity index (χ1v) is 7.70. The predicted molar refractivity (Wildman–Crippen MR) is 86.4 cm³/mol. The van der Waals surface area contributed by atoms with E-state index >= 15 is 0 Å². The summed E-state index contributed by atoms with van der Waals surface area (Å²) >= 11 is 0. The first-order valence-electron chi connectivity index (χ1n) is 7.70. The average Bonchev–Trinajstić information content (AvgIpc) is 2.93. The zero-order valence-corrected chi connectivity index (χ0v) is 12.9. The second kappa shape index (κ2) is 6.31. The van der Waals surface area contributed by atoms with E-state index in [0.717, 1.165) is 25.5 Å². The number of piperidine rings is 1. The van der Waals surface area contributed by atoms with Gasteiger partial charge in [0.05, 0.1) is 6.54 Å². The normalized spacial score (nSPS) is 19.2. The summed E-state index contributed by atoms with van der Waals surface area (Å²) in [6.45, 7) is 3.18. The lowest BCUT2D eigenvalue weighted by atomic mass is 10.0. The van der Waals surface area contributed by atoms with Gasteiger partial charge in [-0.25, -0.2) is 4.98 Å². The second-order valence-electron chi connectivity index (χ2n) is 5.95. The molecule has 4 heteroatoms. The molecule has 21 heavy (non-hydrogen) atoms. The van der Waals surface area contributed by atoms with Gasteiger partial charge in [0.25, 0.3) is 0 Å². The number of anilines is 1. The standard InChI is InChI=1S/C17H24N4/c1-19-12-10-18-17(19)14-20(2)16-9-6-11-21(13-16)15-7-4-3-5-8-15/h3-5,7-8,10,12,16H,6,9,11,13-14H2,1-2H3. The maximum Gasteiger partial charge on any atom is 0.122 e. The largest absolute Gasteiger partial charge is 0.370 e. The highest BCUT2D eigenvalue weighted by Gasteiger charge is 2.24. The molecule has 1 aromatic carbocycles. The van der Waals surface area contributed by atoms with Crippen LogP contribution in [0.1, 0.15) is 18.7 Å². The zero-order valence-electron chi connectivity index (χ0n) is 12.9. The molecular weight excluding hydrogens is 260 g/mol. The number of benzene rings is 1. The Hall–Kier alpha value is -1.81. The molecule has 1 atom stereocenters. The summed E-state index contributed by atoms with van der Waals surface area (Å²) in [6, 6.07) is 11.3. The number of nitrogens with zero attached hydrogens (tertiary/aromatic N) is 4. The number of para-hydroxylation sites is 1. The summed E-state index contributed by atoms with van der Waals surface area (Å²) in [6.07, 6.45) is 6.41. The van der Waals surface area contributed by atoms with Gasteiger partial charge < -0.3 is 9.47 Å². The summed E-state index contributed by atoms with van der Waals surface area (Å²) in [4.78, 5) is 9.38. The van der Waals surface area contributed by atoms with Gasteiger partial charge in [0.15, 0.2) is 0 Å². The minimum Gasteiger partial charge on any atom is -0.370 e. The molecular formula is C17H24N4. The number of rotatable bonds is 4. The summed E-state index contributed by atoms with van der Waals surface area (Å²) in [5, 5.41) is 0. The van der Waals surface area contributed by atoms with Crippen molar-refractivity contribution in [2.75, 3.05) is 25.0 Å². The van der Waals surface area contributed by atoms with Crippen LogP contribution in [0.2, 0.25) is 0 Å². The van der Waals surface area contributed by atoms with Crippen molar-refractivity contribution < 1.29 is 0 Å². The quantitative estimate of drug-likeness (QED) is 0.862. The van der Waals surface area contributed by atoms with Gasteiger partial charge in [-0.1, -0.05) is 18.2 Å². The summed E-state index contributed by atoms with van der Waals surface area (Å²) < 4.78 is 2.11. The lowest BCUT2D eigenvalue weighted by Crippen LogP contribution is -2.46. The molecule has 0 N–H and O–H groups in total. The van der Waals surface area contributed by atoms with Crippen molar-refractivity contribution in [3.8, 4) is 0 Å². The van der Waals surface area contributed by atoms with E-state index in [2.05, 4.69) is 63.8 Å².